The molecule has 0 fully saturated rings. The van der Waals surface area contributed by atoms with Crippen LogP contribution in [0.1, 0.15) is 183 Å². The Bertz CT molecular complexity index is 2290. The molecule has 0 heterocycles. The van der Waals surface area contributed by atoms with E-state index in [0.717, 1.165) is 12.8 Å². The summed E-state index contributed by atoms with van der Waals surface area (Å²) in [5, 5.41) is 0. The third kappa shape index (κ3) is 21.6. The molecule has 8 rings (SSSR count). The molecule has 388 valence electrons. The average Bonchev–Trinajstić information content (AvgIpc) is 4.00. The summed E-state index contributed by atoms with van der Waals surface area (Å²) in [7, 11) is 0. The molecule has 4 aromatic rings. The average molecular weight is 1370 g/mol. The molecule has 4 aliphatic rings. The van der Waals surface area contributed by atoms with E-state index in [1.165, 1.54) is 124 Å². The minimum atomic E-state index is 0. The second-order valence-corrected chi connectivity index (χ2v) is 52.2. The van der Waals surface area contributed by atoms with Gasteiger partial charge in [-0.2, -0.15) is 82.0 Å². The van der Waals surface area contributed by atoms with Gasteiger partial charge in [-0.1, -0.05) is 231 Å². The van der Waals surface area contributed by atoms with Gasteiger partial charge in [0.25, 0.3) is 0 Å². The van der Waals surface area contributed by atoms with Crippen LogP contribution in [0, 0.1) is 47.0 Å². The Balaban J connectivity index is 0.000000473. The zero-order valence-electron chi connectivity index (χ0n) is 49.4. The number of hydrogen-bond acceptors (Lipinski definition) is 0. The van der Waals surface area contributed by atoms with Crippen LogP contribution >= 0.6 is 0 Å². The molecule has 0 aliphatic heterocycles. The Labute approximate surface area is 486 Å². The molecule has 0 saturated carbocycles. The smallest absolute Gasteiger partial charge is 1.00 e. The first-order chi connectivity index (χ1) is 31.8. The Morgan fingerprint density at radius 3 is 0.889 bits per heavy atom. The van der Waals surface area contributed by atoms with Gasteiger partial charge >= 0.3 is 83.2 Å². The SMILES string of the molecule is CC(C)(C)c1c[c-]c2c(c1)-c1cc(C(C)(C)C)ccc1C2.CC(C)(C)c1c[c-]c2c(c1)-c1cc(C(C)(C)C)ccc1C2.CC1[C-]=CC(C(C)(C)C)=C1.CC1[C-]=CC(C(C)(C)C)=C1.C[Si](C)=[Hf+2].C[Si](C)=[Hf+2].[Cl-].[Cl-]. The molecule has 4 aromatic carbocycles. The maximum atomic E-state index is 3.53. The Morgan fingerprint density at radius 2 is 0.681 bits per heavy atom. The van der Waals surface area contributed by atoms with Crippen molar-refractivity contribution in [1.82, 2.24) is 0 Å². The van der Waals surface area contributed by atoms with Gasteiger partial charge in [-0.05, 0) is 34.8 Å². The first kappa shape index (κ1) is 68.6. The van der Waals surface area contributed by atoms with E-state index in [0.29, 0.717) is 22.7 Å². The molecule has 0 amide bonds. The number of halogens is 2. The van der Waals surface area contributed by atoms with Crippen LogP contribution in [0.2, 0.25) is 26.2 Å². The summed E-state index contributed by atoms with van der Waals surface area (Å²) < 4.78 is 0. The van der Waals surface area contributed by atoms with Crippen molar-refractivity contribution >= 4 is 11.0 Å². The van der Waals surface area contributed by atoms with Crippen LogP contribution in [0.4, 0.5) is 0 Å². The largest absolute Gasteiger partial charge is 1.00 e. The van der Waals surface area contributed by atoms with Crippen molar-refractivity contribution in [3.8, 4) is 22.3 Å². The molecule has 0 aromatic heterocycles. The zero-order valence-corrected chi connectivity index (χ0v) is 60.1. The third-order valence-corrected chi connectivity index (χ3v) is 12.6. The number of fused-ring (bicyclic) bond motifs is 6. The second-order valence-electron chi connectivity index (χ2n) is 26.6. The van der Waals surface area contributed by atoms with E-state index in [1.54, 1.807) is 0 Å². The van der Waals surface area contributed by atoms with Crippen LogP contribution in [0.5, 0.6) is 0 Å². The summed E-state index contributed by atoms with van der Waals surface area (Å²) in [5.41, 5.74) is 21.5. The monoisotopic (exact) mass is 1370 g/mol. The van der Waals surface area contributed by atoms with Crippen LogP contribution < -0.4 is 24.8 Å². The van der Waals surface area contributed by atoms with Crippen LogP contribution in [0.25, 0.3) is 22.3 Å². The predicted molar refractivity (Wildman–Crippen MR) is 306 cm³/mol. The Kier molecular flexibility index (Phi) is 26.5. The van der Waals surface area contributed by atoms with Crippen LogP contribution in [-0.2, 0) is 80.5 Å². The van der Waals surface area contributed by atoms with Crippen molar-refractivity contribution < 1.29 is 70.8 Å². The molecule has 0 saturated heterocycles. The molecule has 4 aliphatic carbocycles. The first-order valence-corrected chi connectivity index (χ1v) is 41.6. The van der Waals surface area contributed by atoms with Gasteiger partial charge in [0, 0.05) is 0 Å². The van der Waals surface area contributed by atoms with E-state index in [1.807, 2.05) is 0 Å². The molecular weight excluding hydrogens is 1280 g/mol. The Morgan fingerprint density at radius 1 is 0.417 bits per heavy atom. The van der Waals surface area contributed by atoms with E-state index >= 15 is 0 Å². The van der Waals surface area contributed by atoms with E-state index in [-0.39, 0.29) is 57.5 Å². The maximum absolute atomic E-state index is 3.53. The van der Waals surface area contributed by atoms with Crippen molar-refractivity contribution in [1.29, 1.82) is 0 Å². The van der Waals surface area contributed by atoms with Gasteiger partial charge in [0.1, 0.15) is 0 Å². The summed E-state index contributed by atoms with van der Waals surface area (Å²) in [6.07, 6.45) is 17.4. The topological polar surface area (TPSA) is 0 Å². The van der Waals surface area contributed by atoms with Crippen molar-refractivity contribution in [2.45, 2.75) is 199 Å². The first-order valence-electron chi connectivity index (χ1n) is 25.8. The maximum Gasteiger partial charge on any atom is -1.00 e. The van der Waals surface area contributed by atoms with Gasteiger partial charge in [-0.3, -0.25) is 12.2 Å². The van der Waals surface area contributed by atoms with Gasteiger partial charge in [0.2, 0.25) is 0 Å². The van der Waals surface area contributed by atoms with Crippen molar-refractivity contribution in [3.05, 3.63) is 165 Å². The second kappa shape index (κ2) is 27.8. The number of rotatable bonds is 0. The van der Waals surface area contributed by atoms with Crippen LogP contribution in [-0.4, -0.2) is 11.0 Å². The van der Waals surface area contributed by atoms with Crippen molar-refractivity contribution in [2.24, 2.45) is 22.7 Å². The van der Waals surface area contributed by atoms with E-state index in [4.69, 9.17) is 0 Å². The van der Waals surface area contributed by atoms with E-state index in [2.05, 4.69) is 274 Å². The molecule has 0 spiro atoms. The van der Waals surface area contributed by atoms with Crippen LogP contribution in [0.15, 0.2) is 96.1 Å². The number of benzene rings is 4. The number of hydrogen-bond donors (Lipinski definition) is 0. The molecule has 2 atom stereocenters. The molecule has 0 N–H and O–H groups in total. The minimum Gasteiger partial charge on any atom is -1.00 e. The van der Waals surface area contributed by atoms with Gasteiger partial charge in [-0.15, -0.1) is 11.1 Å². The molecule has 2 unspecified atom stereocenters. The van der Waals surface area contributed by atoms with Crippen molar-refractivity contribution in [3.63, 3.8) is 0 Å². The molecule has 6 heteroatoms. The van der Waals surface area contributed by atoms with Gasteiger partial charge in [0.05, 0.1) is 0 Å². The summed E-state index contributed by atoms with van der Waals surface area (Å²) >= 11 is 2.90. The zero-order chi connectivity index (χ0) is 53.5. The molecule has 72 heavy (non-hydrogen) atoms. The minimum absolute atomic E-state index is 0. The normalized spacial score (nSPS) is 15.9. The molecule has 0 nitrogen and oxygen atoms in total. The Hall–Kier alpha value is -1.41. The quantitative estimate of drug-likeness (QED) is 0.105. The summed E-state index contributed by atoms with van der Waals surface area (Å²) in [5.74, 6) is 1.04. The fraction of sp³-hybridized carbons (Fsp3) is 0.515. The van der Waals surface area contributed by atoms with Crippen LogP contribution in [0.3, 0.4) is 0 Å². The van der Waals surface area contributed by atoms with Gasteiger partial charge in [-0.25, -0.2) is 12.2 Å². The molecular formula is C66H92Cl2Hf2Si2-2. The van der Waals surface area contributed by atoms with Crippen molar-refractivity contribution in [2.75, 3.05) is 0 Å². The van der Waals surface area contributed by atoms with E-state index < -0.39 is 0 Å². The summed E-state index contributed by atoms with van der Waals surface area (Å²) in [6, 6.07) is 30.1. The fourth-order valence-corrected chi connectivity index (χ4v) is 8.08. The fourth-order valence-electron chi connectivity index (χ4n) is 8.08. The predicted octanol–water partition coefficient (Wildman–Crippen LogP) is 12.8. The standard InChI is InChI=1S/2C21H25.2C10H15.2C2H6Si.2ClH.2Hf/c2*1-20(2,3)16-9-7-14-11-15-8-10-17(21(4,5)6)13-19(15)18(14)12-16;2*1-8-5-6-9(7-8)10(2,3)4;2*1-3-2;;;;/h2*7,9-10,12-13H,11H2,1-6H3;2*6-8H,1-4H3;2*1-2H3;2*1H;;/q4*-1;;;;;2*+2/p-2. The summed E-state index contributed by atoms with van der Waals surface area (Å²) in [6.45, 7) is 54.3. The molecule has 0 bridgehead atoms. The van der Waals surface area contributed by atoms with Gasteiger partial charge in [0.15, 0.2) is 0 Å². The summed E-state index contributed by atoms with van der Waals surface area (Å²) in [4.78, 5) is 0. The van der Waals surface area contributed by atoms with E-state index in [9.17, 15) is 0 Å². The van der Waals surface area contributed by atoms with Gasteiger partial charge < -0.3 is 24.8 Å². The third-order valence-electron chi connectivity index (χ3n) is 12.6. The molecule has 0 radical (unpaired) electrons. The number of allylic oxidation sites excluding steroid dienone is 8.